The van der Waals surface area contributed by atoms with Gasteiger partial charge < -0.3 is 15.4 Å². The van der Waals surface area contributed by atoms with Gasteiger partial charge in [0.2, 0.25) is 0 Å². The van der Waals surface area contributed by atoms with Crippen LogP contribution < -0.4 is 15.4 Å². The highest BCUT2D eigenvalue weighted by Crippen LogP contribution is 2.31. The largest absolute Gasteiger partial charge is 0.497 e. The van der Waals surface area contributed by atoms with Gasteiger partial charge in [0, 0.05) is 23.0 Å². The number of nitriles is 1. The van der Waals surface area contributed by atoms with E-state index in [1.165, 1.54) is 0 Å². The number of hydrogen-bond donors (Lipinski definition) is 3. The van der Waals surface area contributed by atoms with Gasteiger partial charge in [-0.15, -0.1) is 0 Å². The third-order valence-electron chi connectivity index (χ3n) is 3.55. The number of carbonyl (C=O) groups excluding carboxylic acids is 1. The summed E-state index contributed by atoms with van der Waals surface area (Å²) in [4.78, 5) is 12.2. The van der Waals surface area contributed by atoms with Crippen molar-refractivity contribution in [2.24, 2.45) is 0 Å². The molecule has 1 heterocycles. The third-order valence-corrected chi connectivity index (χ3v) is 4.15. The predicted molar refractivity (Wildman–Crippen MR) is 102 cm³/mol. The molecule has 0 aliphatic rings. The average Bonchev–Trinajstić information content (AvgIpc) is 3.08. The van der Waals surface area contributed by atoms with Gasteiger partial charge in [0.15, 0.2) is 0 Å². The minimum Gasteiger partial charge on any atom is -0.497 e. The number of benzene rings is 2. The molecule has 3 rings (SSSR count). The SMILES string of the molecule is COc1cc(NC(=O)Nc2ccc(C#N)cc2)cc(-c2[nH]ncc2Br)c1. The van der Waals surface area contributed by atoms with Gasteiger partial charge in [-0.1, -0.05) is 0 Å². The molecule has 2 aromatic carbocycles. The number of amides is 2. The number of aromatic amines is 1. The fraction of sp³-hybridized carbons (Fsp3) is 0.0556. The van der Waals surface area contributed by atoms with Gasteiger partial charge in [-0.2, -0.15) is 10.4 Å². The van der Waals surface area contributed by atoms with Crippen molar-refractivity contribution in [1.29, 1.82) is 5.26 Å². The van der Waals surface area contributed by atoms with Crippen LogP contribution in [0.3, 0.4) is 0 Å². The normalized spacial score (nSPS) is 10.0. The van der Waals surface area contributed by atoms with Crippen LogP contribution in [0.4, 0.5) is 16.2 Å². The Hall–Kier alpha value is -3.31. The number of anilines is 2. The predicted octanol–water partition coefficient (Wildman–Crippen LogP) is 4.36. The zero-order valence-electron chi connectivity index (χ0n) is 13.7. The summed E-state index contributed by atoms with van der Waals surface area (Å²) in [5.74, 6) is 0.595. The van der Waals surface area contributed by atoms with Crippen LogP contribution in [0.15, 0.2) is 53.1 Å². The van der Waals surface area contributed by atoms with E-state index >= 15 is 0 Å². The van der Waals surface area contributed by atoms with E-state index in [1.807, 2.05) is 12.1 Å². The Morgan fingerprint density at radius 2 is 1.92 bits per heavy atom. The number of halogens is 1. The number of rotatable bonds is 4. The molecule has 0 atom stereocenters. The topological polar surface area (TPSA) is 103 Å². The standard InChI is InChI=1S/C18H14BrN5O2/c1-26-15-7-12(17-16(19)10-21-24-17)6-14(8-15)23-18(25)22-13-4-2-11(9-20)3-5-13/h2-8,10H,1H3,(H,21,24)(H2,22,23,25). The lowest BCUT2D eigenvalue weighted by Gasteiger charge is -2.11. The number of nitrogens with zero attached hydrogens (tertiary/aromatic N) is 2. The number of nitrogens with one attached hydrogen (secondary N) is 3. The first-order valence-corrected chi connectivity index (χ1v) is 8.35. The van der Waals surface area contributed by atoms with Crippen molar-refractivity contribution in [3.05, 3.63) is 58.7 Å². The number of hydrogen-bond acceptors (Lipinski definition) is 4. The summed E-state index contributed by atoms with van der Waals surface area (Å²) in [6.07, 6.45) is 1.65. The van der Waals surface area contributed by atoms with Crippen molar-refractivity contribution in [3.63, 3.8) is 0 Å². The van der Waals surface area contributed by atoms with Crippen molar-refractivity contribution in [3.8, 4) is 23.1 Å². The van der Waals surface area contributed by atoms with Gasteiger partial charge in [-0.3, -0.25) is 5.10 Å². The van der Waals surface area contributed by atoms with E-state index in [0.717, 1.165) is 15.7 Å². The van der Waals surface area contributed by atoms with E-state index in [-0.39, 0.29) is 0 Å². The molecule has 0 unspecified atom stereocenters. The summed E-state index contributed by atoms with van der Waals surface area (Å²) >= 11 is 3.42. The number of aromatic nitrogens is 2. The second kappa shape index (κ2) is 7.72. The lowest BCUT2D eigenvalue weighted by Crippen LogP contribution is -2.19. The zero-order valence-corrected chi connectivity index (χ0v) is 15.3. The maximum atomic E-state index is 12.2. The van der Waals surface area contributed by atoms with Crippen LogP contribution in [-0.2, 0) is 0 Å². The number of methoxy groups -OCH3 is 1. The fourth-order valence-corrected chi connectivity index (χ4v) is 2.75. The van der Waals surface area contributed by atoms with E-state index in [2.05, 4.69) is 36.8 Å². The second-order valence-electron chi connectivity index (χ2n) is 5.31. The maximum Gasteiger partial charge on any atom is 0.323 e. The monoisotopic (exact) mass is 411 g/mol. The summed E-state index contributed by atoms with van der Waals surface area (Å²) in [6, 6.07) is 13.6. The quantitative estimate of drug-likeness (QED) is 0.592. The molecule has 26 heavy (non-hydrogen) atoms. The molecule has 8 heteroatoms. The highest BCUT2D eigenvalue weighted by Gasteiger charge is 2.11. The van der Waals surface area contributed by atoms with E-state index < -0.39 is 6.03 Å². The molecule has 2 amide bonds. The fourth-order valence-electron chi connectivity index (χ4n) is 2.33. The summed E-state index contributed by atoms with van der Waals surface area (Å²) < 4.78 is 6.11. The van der Waals surface area contributed by atoms with E-state index in [1.54, 1.807) is 49.7 Å². The van der Waals surface area contributed by atoms with Crippen LogP contribution in [-0.4, -0.2) is 23.3 Å². The van der Waals surface area contributed by atoms with Crippen LogP contribution >= 0.6 is 15.9 Å². The Balaban J connectivity index is 1.79. The smallest absolute Gasteiger partial charge is 0.323 e. The molecule has 130 valence electrons. The van der Waals surface area contributed by atoms with Gasteiger partial charge in [-0.05, 0) is 52.3 Å². The van der Waals surface area contributed by atoms with Crippen molar-refractivity contribution in [2.75, 3.05) is 17.7 Å². The van der Waals surface area contributed by atoms with Crippen LogP contribution in [0.1, 0.15) is 5.56 Å². The molecule has 0 saturated heterocycles. The van der Waals surface area contributed by atoms with Gasteiger partial charge in [0.25, 0.3) is 0 Å². The summed E-state index contributed by atoms with van der Waals surface area (Å²) in [5.41, 5.74) is 3.26. The Bertz CT molecular complexity index is 976. The molecular formula is C18H14BrN5O2. The molecule has 7 nitrogen and oxygen atoms in total. The number of ether oxygens (including phenoxy) is 1. The molecule has 0 radical (unpaired) electrons. The van der Waals surface area contributed by atoms with Crippen LogP contribution in [0.25, 0.3) is 11.3 Å². The molecular weight excluding hydrogens is 398 g/mol. The van der Waals surface area contributed by atoms with Crippen LogP contribution in [0.5, 0.6) is 5.75 Å². The summed E-state index contributed by atoms with van der Waals surface area (Å²) in [5, 5.41) is 21.2. The average molecular weight is 412 g/mol. The molecule has 0 aliphatic heterocycles. The second-order valence-corrected chi connectivity index (χ2v) is 6.17. The van der Waals surface area contributed by atoms with Gasteiger partial charge in [0.1, 0.15) is 5.75 Å². The Morgan fingerprint density at radius 3 is 2.54 bits per heavy atom. The first-order valence-electron chi connectivity index (χ1n) is 7.55. The van der Waals surface area contributed by atoms with Crippen molar-refractivity contribution < 1.29 is 9.53 Å². The highest BCUT2D eigenvalue weighted by atomic mass is 79.9. The van der Waals surface area contributed by atoms with Gasteiger partial charge >= 0.3 is 6.03 Å². The molecule has 0 spiro atoms. The number of H-pyrrole nitrogens is 1. The van der Waals surface area contributed by atoms with Crippen molar-refractivity contribution in [1.82, 2.24) is 10.2 Å². The number of carbonyl (C=O) groups is 1. The van der Waals surface area contributed by atoms with E-state index in [4.69, 9.17) is 10.00 Å². The number of urea groups is 1. The maximum absolute atomic E-state index is 12.2. The van der Waals surface area contributed by atoms with E-state index in [0.29, 0.717) is 22.7 Å². The summed E-state index contributed by atoms with van der Waals surface area (Å²) in [6.45, 7) is 0. The lowest BCUT2D eigenvalue weighted by molar-refractivity contribution is 0.262. The van der Waals surface area contributed by atoms with Crippen molar-refractivity contribution in [2.45, 2.75) is 0 Å². The molecule has 0 saturated carbocycles. The molecule has 3 aromatic rings. The molecule has 1 aromatic heterocycles. The minimum atomic E-state index is -0.405. The molecule has 0 fully saturated rings. The van der Waals surface area contributed by atoms with E-state index in [9.17, 15) is 4.79 Å². The first kappa shape index (κ1) is 17.5. The molecule has 0 bridgehead atoms. The van der Waals surface area contributed by atoms with Gasteiger partial charge in [-0.25, -0.2) is 4.79 Å². The Labute approximate surface area is 158 Å². The van der Waals surface area contributed by atoms with Crippen LogP contribution in [0, 0.1) is 11.3 Å². The van der Waals surface area contributed by atoms with Gasteiger partial charge in [0.05, 0.1) is 35.1 Å². The van der Waals surface area contributed by atoms with Crippen LogP contribution in [0.2, 0.25) is 0 Å². The van der Waals surface area contributed by atoms with Crippen molar-refractivity contribution >= 4 is 33.3 Å². The molecule has 3 N–H and O–H groups in total. The Kier molecular flexibility index (Phi) is 5.20. The Morgan fingerprint density at radius 1 is 1.19 bits per heavy atom. The highest BCUT2D eigenvalue weighted by molar-refractivity contribution is 9.10. The first-order chi connectivity index (χ1) is 12.6. The lowest BCUT2D eigenvalue weighted by atomic mass is 10.1. The zero-order chi connectivity index (χ0) is 18.5. The summed E-state index contributed by atoms with van der Waals surface area (Å²) in [7, 11) is 1.56. The minimum absolute atomic E-state index is 0.405. The third kappa shape index (κ3) is 4.02. The molecule has 0 aliphatic carbocycles.